The molecule has 1 aromatic heterocycles. The Kier molecular flexibility index (Phi) is 5.91. The third kappa shape index (κ3) is 3.75. The Morgan fingerprint density at radius 2 is 2.11 bits per heavy atom. The number of hydrogen-bond acceptors (Lipinski definition) is 4. The van der Waals surface area contributed by atoms with E-state index in [-0.39, 0.29) is 6.04 Å². The van der Waals surface area contributed by atoms with E-state index >= 15 is 0 Å². The van der Waals surface area contributed by atoms with Gasteiger partial charge in [-0.25, -0.2) is 12.7 Å². The lowest BCUT2D eigenvalue weighted by molar-refractivity contribution is 0.488. The fourth-order valence-corrected chi connectivity index (χ4v) is 3.60. The van der Waals surface area contributed by atoms with Crippen molar-refractivity contribution in [1.82, 2.24) is 8.87 Å². The number of sulfonamides is 1. The summed E-state index contributed by atoms with van der Waals surface area (Å²) < 4.78 is 28.1. The standard InChI is InChI=1S/C12H23N3O2S2/c1-10(2)15-9-12(7-11(15)8-13)19(16,17)14(3)5-6-18-4/h7,9-10H,5-6,8,13H2,1-4H3. The fraction of sp³-hybridized carbons (Fsp3) is 0.667. The number of hydrogen-bond donors (Lipinski definition) is 1. The molecule has 110 valence electrons. The van der Waals surface area contributed by atoms with Crippen LogP contribution in [-0.4, -0.2) is 42.9 Å². The normalized spacial score (nSPS) is 12.6. The minimum absolute atomic E-state index is 0.194. The fourth-order valence-electron chi connectivity index (χ4n) is 1.80. The topological polar surface area (TPSA) is 68.3 Å². The average molecular weight is 305 g/mol. The first-order valence-electron chi connectivity index (χ1n) is 6.20. The zero-order valence-corrected chi connectivity index (χ0v) is 13.6. The van der Waals surface area contributed by atoms with Gasteiger partial charge in [0.05, 0.1) is 0 Å². The van der Waals surface area contributed by atoms with Crippen molar-refractivity contribution < 1.29 is 8.42 Å². The molecule has 0 atom stereocenters. The van der Waals surface area contributed by atoms with Crippen LogP contribution in [0.3, 0.4) is 0 Å². The van der Waals surface area contributed by atoms with Crippen molar-refractivity contribution in [3.63, 3.8) is 0 Å². The summed E-state index contributed by atoms with van der Waals surface area (Å²) in [4.78, 5) is 0.324. The smallest absolute Gasteiger partial charge is 0.244 e. The molecule has 0 bridgehead atoms. The molecule has 0 saturated heterocycles. The quantitative estimate of drug-likeness (QED) is 0.829. The highest BCUT2D eigenvalue weighted by atomic mass is 32.2. The predicted octanol–water partition coefficient (Wildman–Crippen LogP) is 1.51. The first-order valence-corrected chi connectivity index (χ1v) is 9.04. The number of aromatic nitrogens is 1. The first-order chi connectivity index (χ1) is 8.84. The maximum absolute atomic E-state index is 12.4. The van der Waals surface area contributed by atoms with Gasteiger partial charge in [0, 0.05) is 43.8 Å². The molecule has 0 aliphatic carbocycles. The van der Waals surface area contributed by atoms with Gasteiger partial charge in [-0.05, 0) is 26.2 Å². The molecule has 1 heterocycles. The number of rotatable bonds is 7. The lowest BCUT2D eigenvalue weighted by Gasteiger charge is -2.15. The first kappa shape index (κ1) is 16.6. The van der Waals surface area contributed by atoms with Crippen LogP contribution in [0.2, 0.25) is 0 Å². The van der Waals surface area contributed by atoms with Gasteiger partial charge >= 0.3 is 0 Å². The molecule has 1 aromatic rings. The summed E-state index contributed by atoms with van der Waals surface area (Å²) in [5, 5.41) is 0. The van der Waals surface area contributed by atoms with E-state index in [1.165, 1.54) is 4.31 Å². The lowest BCUT2D eigenvalue weighted by Crippen LogP contribution is -2.28. The van der Waals surface area contributed by atoms with Crippen molar-refractivity contribution in [2.45, 2.75) is 31.3 Å². The second-order valence-corrected chi connectivity index (χ2v) is 7.72. The molecule has 0 aliphatic heterocycles. The molecule has 0 unspecified atom stereocenters. The van der Waals surface area contributed by atoms with Gasteiger partial charge < -0.3 is 10.3 Å². The van der Waals surface area contributed by atoms with Gasteiger partial charge in [-0.15, -0.1) is 0 Å². The molecule has 0 aliphatic rings. The van der Waals surface area contributed by atoms with Crippen LogP contribution in [-0.2, 0) is 16.6 Å². The van der Waals surface area contributed by atoms with Crippen molar-refractivity contribution in [1.29, 1.82) is 0 Å². The van der Waals surface area contributed by atoms with Crippen molar-refractivity contribution in [2.24, 2.45) is 5.73 Å². The summed E-state index contributed by atoms with van der Waals surface area (Å²) in [5.74, 6) is 0.782. The Hall–Kier alpha value is -0.500. The molecular weight excluding hydrogens is 282 g/mol. The molecule has 7 heteroatoms. The average Bonchev–Trinajstić information content (AvgIpc) is 2.80. The van der Waals surface area contributed by atoms with Gasteiger partial charge in [0.25, 0.3) is 0 Å². The Morgan fingerprint density at radius 3 is 2.53 bits per heavy atom. The molecule has 0 spiro atoms. The third-order valence-corrected chi connectivity index (χ3v) is 5.40. The Labute approximate surface area is 120 Å². The van der Waals surface area contributed by atoms with Crippen molar-refractivity contribution in [3.05, 3.63) is 18.0 Å². The second-order valence-electron chi connectivity index (χ2n) is 4.69. The molecule has 0 saturated carbocycles. The van der Waals surface area contributed by atoms with Crippen molar-refractivity contribution in [3.8, 4) is 0 Å². The van der Waals surface area contributed by atoms with E-state index in [4.69, 9.17) is 5.73 Å². The van der Waals surface area contributed by atoms with Crippen LogP contribution in [0.25, 0.3) is 0 Å². The van der Waals surface area contributed by atoms with Crippen LogP contribution in [0.4, 0.5) is 0 Å². The van der Waals surface area contributed by atoms with Crippen LogP contribution < -0.4 is 5.73 Å². The summed E-state index contributed by atoms with van der Waals surface area (Å²) in [5.41, 5.74) is 6.51. The van der Waals surface area contributed by atoms with Gasteiger partial charge in [-0.1, -0.05) is 0 Å². The molecule has 0 fully saturated rings. The summed E-state index contributed by atoms with van der Waals surface area (Å²) >= 11 is 1.63. The van der Waals surface area contributed by atoms with Crippen molar-refractivity contribution >= 4 is 21.8 Å². The summed E-state index contributed by atoms with van der Waals surface area (Å²) in [6.07, 6.45) is 3.64. The van der Waals surface area contributed by atoms with Crippen LogP contribution in [0, 0.1) is 0 Å². The summed E-state index contributed by atoms with van der Waals surface area (Å²) in [6, 6.07) is 1.87. The third-order valence-electron chi connectivity index (χ3n) is 2.99. The molecule has 0 radical (unpaired) electrons. The van der Waals surface area contributed by atoms with Crippen LogP contribution in [0.5, 0.6) is 0 Å². The van der Waals surface area contributed by atoms with E-state index in [1.807, 2.05) is 24.7 Å². The number of thioether (sulfide) groups is 1. The van der Waals surface area contributed by atoms with Gasteiger partial charge in [-0.2, -0.15) is 11.8 Å². The summed E-state index contributed by atoms with van der Waals surface area (Å²) in [7, 11) is -1.80. The SMILES string of the molecule is CSCCN(C)S(=O)(=O)c1cc(CN)n(C(C)C)c1. The van der Waals surface area contributed by atoms with E-state index in [0.717, 1.165) is 11.4 Å². The van der Waals surface area contributed by atoms with Gasteiger partial charge in [-0.3, -0.25) is 0 Å². The molecule has 5 nitrogen and oxygen atoms in total. The largest absolute Gasteiger partial charge is 0.346 e. The minimum Gasteiger partial charge on any atom is -0.346 e. The highest BCUT2D eigenvalue weighted by molar-refractivity contribution is 7.98. The Balaban J connectivity index is 3.08. The Bertz CT molecular complexity index is 509. The van der Waals surface area contributed by atoms with E-state index in [2.05, 4.69) is 0 Å². The highest BCUT2D eigenvalue weighted by Gasteiger charge is 2.23. The molecule has 1 rings (SSSR count). The molecule has 2 N–H and O–H groups in total. The Morgan fingerprint density at radius 1 is 1.47 bits per heavy atom. The van der Waals surface area contributed by atoms with Crippen LogP contribution in [0.1, 0.15) is 25.6 Å². The van der Waals surface area contributed by atoms with E-state index < -0.39 is 10.0 Å². The zero-order chi connectivity index (χ0) is 14.6. The van der Waals surface area contributed by atoms with E-state index in [9.17, 15) is 8.42 Å². The zero-order valence-electron chi connectivity index (χ0n) is 12.0. The van der Waals surface area contributed by atoms with E-state index in [0.29, 0.717) is 18.0 Å². The maximum atomic E-state index is 12.4. The van der Waals surface area contributed by atoms with Crippen molar-refractivity contribution in [2.75, 3.05) is 25.6 Å². The van der Waals surface area contributed by atoms with Gasteiger partial charge in [0.2, 0.25) is 10.0 Å². The van der Waals surface area contributed by atoms with Crippen LogP contribution in [0.15, 0.2) is 17.2 Å². The van der Waals surface area contributed by atoms with Gasteiger partial charge in [0.1, 0.15) is 4.90 Å². The second kappa shape index (κ2) is 6.78. The number of nitrogens with zero attached hydrogens (tertiary/aromatic N) is 2. The molecule has 0 aromatic carbocycles. The molecule has 0 amide bonds. The predicted molar refractivity (Wildman–Crippen MR) is 80.9 cm³/mol. The van der Waals surface area contributed by atoms with Crippen LogP contribution >= 0.6 is 11.8 Å². The minimum atomic E-state index is -3.41. The monoisotopic (exact) mass is 305 g/mol. The van der Waals surface area contributed by atoms with Gasteiger partial charge in [0.15, 0.2) is 0 Å². The lowest BCUT2D eigenvalue weighted by atomic mass is 10.3. The maximum Gasteiger partial charge on any atom is 0.244 e. The molecular formula is C12H23N3O2S2. The number of nitrogens with two attached hydrogens (primary N) is 1. The highest BCUT2D eigenvalue weighted by Crippen LogP contribution is 2.21. The summed E-state index contributed by atoms with van der Waals surface area (Å²) in [6.45, 7) is 4.86. The van der Waals surface area contributed by atoms with E-state index in [1.54, 1.807) is 31.1 Å². The molecule has 19 heavy (non-hydrogen) atoms.